The lowest BCUT2D eigenvalue weighted by Gasteiger charge is -2.32. The number of halogens is 2. The summed E-state index contributed by atoms with van der Waals surface area (Å²) in [6, 6.07) is 6.12. The molecule has 0 spiro atoms. The Morgan fingerprint density at radius 3 is 2.34 bits per heavy atom. The van der Waals surface area contributed by atoms with Crippen molar-refractivity contribution >= 4 is 5.78 Å². The summed E-state index contributed by atoms with van der Waals surface area (Å²) in [7, 11) is 1.37. The van der Waals surface area contributed by atoms with Gasteiger partial charge < -0.3 is 14.9 Å². The molecule has 0 saturated carbocycles. The number of ketones is 1. The van der Waals surface area contributed by atoms with E-state index in [0.717, 1.165) is 18.4 Å². The third-order valence-corrected chi connectivity index (χ3v) is 5.91. The maximum Gasteiger partial charge on any atom is 0.174 e. The zero-order valence-electron chi connectivity index (χ0n) is 18.5. The molecule has 0 heterocycles. The minimum Gasteiger partial charge on any atom is -0.507 e. The molecule has 0 radical (unpaired) electrons. The van der Waals surface area contributed by atoms with Gasteiger partial charge in [0.25, 0.3) is 0 Å². The second kappa shape index (κ2) is 9.98. The van der Waals surface area contributed by atoms with Crippen LogP contribution < -0.4 is 4.74 Å². The Morgan fingerprint density at radius 2 is 1.78 bits per heavy atom. The average molecular weight is 443 g/mol. The van der Waals surface area contributed by atoms with Crippen LogP contribution in [0.2, 0.25) is 0 Å². The third-order valence-electron chi connectivity index (χ3n) is 5.91. The van der Waals surface area contributed by atoms with Gasteiger partial charge in [-0.25, -0.2) is 8.78 Å². The smallest absolute Gasteiger partial charge is 0.174 e. The average Bonchev–Trinajstić information content (AvgIpc) is 2.73. The molecular formula is C26H28F2O4. The summed E-state index contributed by atoms with van der Waals surface area (Å²) in [5.74, 6) is -4.23. The maximum atomic E-state index is 14.7. The van der Waals surface area contributed by atoms with Crippen LogP contribution >= 0.6 is 0 Å². The number of hydrogen-bond acceptors (Lipinski definition) is 4. The SMILES string of the molecule is COc1cc(O)c(C(=O)[C@H]2CC=C(CCC=C(C)C)C[C@@H]2c2c(F)cccc2F)c(O)c1. The highest BCUT2D eigenvalue weighted by atomic mass is 19.1. The fourth-order valence-corrected chi connectivity index (χ4v) is 4.32. The molecule has 2 atom stereocenters. The minimum absolute atomic E-state index is 0.133. The molecule has 4 nitrogen and oxygen atoms in total. The Morgan fingerprint density at radius 1 is 1.16 bits per heavy atom. The van der Waals surface area contributed by atoms with Crippen LogP contribution in [0.1, 0.15) is 61.4 Å². The predicted octanol–water partition coefficient (Wildman–Crippen LogP) is 6.43. The summed E-state index contributed by atoms with van der Waals surface area (Å²) in [6.45, 7) is 4.02. The Labute approximate surface area is 186 Å². The van der Waals surface area contributed by atoms with Crippen molar-refractivity contribution in [2.45, 2.75) is 45.4 Å². The molecule has 32 heavy (non-hydrogen) atoms. The van der Waals surface area contributed by atoms with Crippen molar-refractivity contribution < 1.29 is 28.5 Å². The molecule has 0 aromatic heterocycles. The van der Waals surface area contributed by atoms with Gasteiger partial charge in [-0.1, -0.05) is 29.4 Å². The number of phenols is 2. The predicted molar refractivity (Wildman–Crippen MR) is 119 cm³/mol. The van der Waals surface area contributed by atoms with E-state index in [0.29, 0.717) is 6.42 Å². The number of carbonyl (C=O) groups is 1. The van der Waals surface area contributed by atoms with Crippen LogP contribution in [-0.4, -0.2) is 23.1 Å². The van der Waals surface area contributed by atoms with E-state index in [-0.39, 0.29) is 23.3 Å². The summed E-state index contributed by atoms with van der Waals surface area (Å²) in [5.41, 5.74) is 1.82. The molecule has 0 unspecified atom stereocenters. The third kappa shape index (κ3) is 5.01. The normalized spacial score (nSPS) is 18.1. The number of aromatic hydroxyl groups is 2. The van der Waals surface area contributed by atoms with Crippen LogP contribution in [0.15, 0.2) is 53.6 Å². The molecule has 0 bridgehead atoms. The zero-order valence-corrected chi connectivity index (χ0v) is 18.5. The Kier molecular flexibility index (Phi) is 7.33. The number of rotatable bonds is 7. The van der Waals surface area contributed by atoms with Crippen molar-refractivity contribution in [2.24, 2.45) is 5.92 Å². The first kappa shape index (κ1) is 23.5. The number of Topliss-reactive ketones (excluding diaryl/α,β-unsaturated/α-hetero) is 1. The lowest BCUT2D eigenvalue weighted by atomic mass is 9.71. The lowest BCUT2D eigenvalue weighted by molar-refractivity contribution is 0.0887. The molecule has 0 fully saturated rings. The van der Waals surface area contributed by atoms with Crippen molar-refractivity contribution in [1.82, 2.24) is 0 Å². The zero-order chi connectivity index (χ0) is 23.4. The summed E-state index contributed by atoms with van der Waals surface area (Å²) in [5, 5.41) is 20.7. The van der Waals surface area contributed by atoms with Gasteiger partial charge in [0.05, 0.1) is 7.11 Å². The molecule has 170 valence electrons. The molecule has 0 saturated heterocycles. The number of ether oxygens (including phenoxy) is 1. The van der Waals surface area contributed by atoms with Gasteiger partial charge in [-0.2, -0.15) is 0 Å². The van der Waals surface area contributed by atoms with Crippen LogP contribution in [0, 0.1) is 17.6 Å². The van der Waals surface area contributed by atoms with Gasteiger partial charge in [0, 0.05) is 29.5 Å². The van der Waals surface area contributed by atoms with Gasteiger partial charge in [0.15, 0.2) is 5.78 Å². The highest BCUT2D eigenvalue weighted by Crippen LogP contribution is 2.45. The molecule has 2 aromatic carbocycles. The molecule has 1 aliphatic rings. The number of hydrogen-bond donors (Lipinski definition) is 2. The first-order valence-electron chi connectivity index (χ1n) is 10.6. The minimum atomic E-state index is -0.834. The second-order valence-corrected chi connectivity index (χ2v) is 8.38. The molecule has 3 rings (SSSR count). The van der Waals surface area contributed by atoms with E-state index in [9.17, 15) is 23.8 Å². The van der Waals surface area contributed by atoms with Crippen LogP contribution in [-0.2, 0) is 0 Å². The van der Waals surface area contributed by atoms with Crippen LogP contribution in [0.25, 0.3) is 0 Å². The van der Waals surface area contributed by atoms with E-state index in [4.69, 9.17) is 4.74 Å². The van der Waals surface area contributed by atoms with Crippen molar-refractivity contribution in [2.75, 3.05) is 7.11 Å². The van der Waals surface area contributed by atoms with E-state index in [1.807, 2.05) is 19.9 Å². The molecule has 2 N–H and O–H groups in total. The van der Waals surface area contributed by atoms with Crippen molar-refractivity contribution in [3.63, 3.8) is 0 Å². The Hall–Kier alpha value is -3.15. The highest BCUT2D eigenvalue weighted by Gasteiger charge is 2.37. The topological polar surface area (TPSA) is 66.8 Å². The fraction of sp³-hybridized carbons (Fsp3) is 0.346. The number of allylic oxidation sites excluding steroid dienone is 4. The van der Waals surface area contributed by atoms with Crippen molar-refractivity contribution in [3.05, 3.63) is 76.4 Å². The van der Waals surface area contributed by atoms with Gasteiger partial charge in [0.2, 0.25) is 0 Å². The van der Waals surface area contributed by atoms with E-state index >= 15 is 0 Å². The quantitative estimate of drug-likeness (QED) is 0.383. The largest absolute Gasteiger partial charge is 0.507 e. The molecular weight excluding hydrogens is 414 g/mol. The number of carbonyl (C=O) groups excluding carboxylic acids is 1. The van der Waals surface area contributed by atoms with Crippen LogP contribution in [0.3, 0.4) is 0 Å². The summed E-state index contributed by atoms with van der Waals surface area (Å²) in [4.78, 5) is 13.4. The van der Waals surface area contributed by atoms with E-state index in [1.165, 1.54) is 43.0 Å². The Balaban J connectivity index is 2.01. The van der Waals surface area contributed by atoms with E-state index in [1.54, 1.807) is 0 Å². The molecule has 1 aliphatic carbocycles. The number of phenolic OH excluding ortho intramolecular Hbond substituents is 2. The first-order chi connectivity index (χ1) is 15.2. The maximum absolute atomic E-state index is 14.7. The van der Waals surface area contributed by atoms with E-state index in [2.05, 4.69) is 6.08 Å². The standard InChI is InChI=1S/C26H28F2O4/c1-15(2)6-4-7-16-10-11-18(19(12-16)24-20(27)8-5-9-21(24)28)26(31)25-22(29)13-17(32-3)14-23(25)30/h5-6,8-10,13-14,18-19,29-30H,4,7,11-12H2,1-3H3/t18-,19-/m0/s1. The number of benzene rings is 2. The van der Waals surface area contributed by atoms with Gasteiger partial charge in [-0.15, -0.1) is 0 Å². The van der Waals surface area contributed by atoms with Crippen LogP contribution in [0.5, 0.6) is 17.2 Å². The first-order valence-corrected chi connectivity index (χ1v) is 10.6. The van der Waals surface area contributed by atoms with E-state index < -0.39 is 40.8 Å². The monoisotopic (exact) mass is 442 g/mol. The molecule has 0 aliphatic heterocycles. The van der Waals surface area contributed by atoms with Gasteiger partial charge in [-0.05, 0) is 51.7 Å². The van der Waals surface area contributed by atoms with Gasteiger partial charge >= 0.3 is 0 Å². The number of methoxy groups -OCH3 is 1. The molecule has 2 aromatic rings. The van der Waals surface area contributed by atoms with Crippen molar-refractivity contribution in [1.29, 1.82) is 0 Å². The summed E-state index contributed by atoms with van der Waals surface area (Å²) in [6.07, 6.45) is 6.16. The van der Waals surface area contributed by atoms with Gasteiger partial charge in [-0.3, -0.25) is 4.79 Å². The lowest BCUT2D eigenvalue weighted by Crippen LogP contribution is -2.27. The second-order valence-electron chi connectivity index (χ2n) is 8.38. The summed E-state index contributed by atoms with van der Waals surface area (Å²) >= 11 is 0. The fourth-order valence-electron chi connectivity index (χ4n) is 4.32. The van der Waals surface area contributed by atoms with Crippen LogP contribution in [0.4, 0.5) is 8.78 Å². The molecule has 0 amide bonds. The highest BCUT2D eigenvalue weighted by molar-refractivity contribution is 6.03. The Bertz CT molecular complexity index is 1020. The summed E-state index contributed by atoms with van der Waals surface area (Å²) < 4.78 is 34.4. The van der Waals surface area contributed by atoms with Crippen molar-refractivity contribution in [3.8, 4) is 17.2 Å². The van der Waals surface area contributed by atoms with Gasteiger partial charge in [0.1, 0.15) is 34.4 Å². The molecule has 6 heteroatoms.